The average molecular weight is 269 g/mol. The van der Waals surface area contributed by atoms with Crippen molar-refractivity contribution < 1.29 is 18.7 Å². The van der Waals surface area contributed by atoms with Crippen LogP contribution in [0.5, 0.6) is 0 Å². The Labute approximate surface area is 106 Å². The van der Waals surface area contributed by atoms with Crippen LogP contribution in [-0.4, -0.2) is 11.1 Å². The highest BCUT2D eigenvalue weighted by atomic mass is 35.5. The van der Waals surface area contributed by atoms with E-state index in [-0.39, 0.29) is 21.7 Å². The standard InChI is InChI=1S/C13H7ClF2O2/c14-8-2-3-9(12(16)6-8)10-5-7(13(17)18)1-4-11(10)15/h1-6H,(H,17,18). The summed E-state index contributed by atoms with van der Waals surface area (Å²) in [6.07, 6.45) is 0. The smallest absolute Gasteiger partial charge is 0.335 e. The van der Waals surface area contributed by atoms with Gasteiger partial charge in [-0.15, -0.1) is 0 Å². The van der Waals surface area contributed by atoms with Gasteiger partial charge in [-0.05, 0) is 36.4 Å². The molecule has 0 heterocycles. The summed E-state index contributed by atoms with van der Waals surface area (Å²) in [6, 6.07) is 6.96. The first-order valence-electron chi connectivity index (χ1n) is 4.97. The number of hydrogen-bond donors (Lipinski definition) is 1. The Kier molecular flexibility index (Phi) is 3.30. The van der Waals surface area contributed by atoms with E-state index in [0.717, 1.165) is 24.3 Å². The van der Waals surface area contributed by atoms with Crippen LogP contribution < -0.4 is 0 Å². The summed E-state index contributed by atoms with van der Waals surface area (Å²) in [5, 5.41) is 9.01. The van der Waals surface area contributed by atoms with Gasteiger partial charge in [0.2, 0.25) is 0 Å². The molecule has 0 atom stereocenters. The minimum Gasteiger partial charge on any atom is -0.478 e. The Hall–Kier alpha value is -1.94. The van der Waals surface area contributed by atoms with Gasteiger partial charge >= 0.3 is 5.97 Å². The lowest BCUT2D eigenvalue weighted by Gasteiger charge is -2.06. The Morgan fingerprint density at radius 2 is 1.72 bits per heavy atom. The number of carboxylic acids is 1. The third-order valence-corrected chi connectivity index (χ3v) is 2.67. The van der Waals surface area contributed by atoms with Crippen molar-refractivity contribution >= 4 is 17.6 Å². The van der Waals surface area contributed by atoms with E-state index < -0.39 is 17.6 Å². The predicted octanol–water partition coefficient (Wildman–Crippen LogP) is 3.98. The van der Waals surface area contributed by atoms with Crippen molar-refractivity contribution in [3.63, 3.8) is 0 Å². The fourth-order valence-electron chi connectivity index (χ4n) is 1.57. The number of benzene rings is 2. The second-order valence-corrected chi connectivity index (χ2v) is 4.06. The van der Waals surface area contributed by atoms with E-state index in [4.69, 9.17) is 16.7 Å². The summed E-state index contributed by atoms with van der Waals surface area (Å²) >= 11 is 5.60. The molecule has 5 heteroatoms. The zero-order chi connectivity index (χ0) is 13.3. The van der Waals surface area contributed by atoms with Gasteiger partial charge in [-0.2, -0.15) is 0 Å². The third-order valence-electron chi connectivity index (χ3n) is 2.43. The molecule has 0 aliphatic rings. The minimum absolute atomic E-state index is 0.0278. The van der Waals surface area contributed by atoms with E-state index >= 15 is 0 Å². The lowest BCUT2D eigenvalue weighted by molar-refractivity contribution is 0.0697. The molecule has 18 heavy (non-hydrogen) atoms. The largest absolute Gasteiger partial charge is 0.478 e. The van der Waals surface area contributed by atoms with Gasteiger partial charge in [0.05, 0.1) is 5.56 Å². The summed E-state index contributed by atoms with van der Waals surface area (Å²) in [5.41, 5.74) is -0.246. The summed E-state index contributed by atoms with van der Waals surface area (Å²) in [4.78, 5) is 10.8. The van der Waals surface area contributed by atoms with Crippen LogP contribution in [0.15, 0.2) is 36.4 Å². The molecule has 0 saturated carbocycles. The van der Waals surface area contributed by atoms with E-state index in [1.54, 1.807) is 0 Å². The molecule has 2 rings (SSSR count). The number of rotatable bonds is 2. The van der Waals surface area contributed by atoms with Crippen LogP contribution in [0.4, 0.5) is 8.78 Å². The van der Waals surface area contributed by atoms with Crippen molar-refractivity contribution in [2.75, 3.05) is 0 Å². The van der Waals surface area contributed by atoms with Gasteiger partial charge in [0.25, 0.3) is 0 Å². The van der Waals surface area contributed by atoms with Crippen LogP contribution in [0.2, 0.25) is 5.02 Å². The molecule has 1 N–H and O–H groups in total. The van der Waals surface area contributed by atoms with Crippen LogP contribution >= 0.6 is 11.6 Å². The molecular formula is C13H7ClF2O2. The molecule has 0 bridgehead atoms. The van der Waals surface area contributed by atoms with E-state index in [1.165, 1.54) is 12.1 Å². The lowest BCUT2D eigenvalue weighted by Crippen LogP contribution is -1.98. The first-order valence-corrected chi connectivity index (χ1v) is 5.35. The zero-order valence-electron chi connectivity index (χ0n) is 8.95. The maximum Gasteiger partial charge on any atom is 0.335 e. The summed E-state index contributed by atoms with van der Waals surface area (Å²) in [6.45, 7) is 0. The molecule has 92 valence electrons. The first kappa shape index (κ1) is 12.5. The second-order valence-electron chi connectivity index (χ2n) is 3.62. The molecule has 0 amide bonds. The topological polar surface area (TPSA) is 37.3 Å². The van der Waals surface area contributed by atoms with E-state index in [2.05, 4.69) is 0 Å². The van der Waals surface area contributed by atoms with Crippen molar-refractivity contribution in [3.8, 4) is 11.1 Å². The molecule has 0 radical (unpaired) electrons. The van der Waals surface area contributed by atoms with Gasteiger partial charge in [0.1, 0.15) is 11.6 Å². The molecule has 0 saturated heterocycles. The summed E-state index contributed by atoms with van der Waals surface area (Å²) in [5.74, 6) is -2.60. The van der Waals surface area contributed by atoms with Crippen molar-refractivity contribution in [2.45, 2.75) is 0 Å². The number of carbonyl (C=O) groups is 1. The molecule has 0 aromatic heterocycles. The van der Waals surface area contributed by atoms with Crippen molar-refractivity contribution in [3.05, 3.63) is 58.6 Å². The zero-order valence-corrected chi connectivity index (χ0v) is 9.71. The fraction of sp³-hybridized carbons (Fsp3) is 0. The maximum absolute atomic E-state index is 13.7. The van der Waals surface area contributed by atoms with Crippen molar-refractivity contribution in [1.82, 2.24) is 0 Å². The Morgan fingerprint density at radius 3 is 2.33 bits per heavy atom. The molecule has 2 nitrogen and oxygen atoms in total. The molecular weight excluding hydrogens is 262 g/mol. The monoisotopic (exact) mass is 268 g/mol. The van der Waals surface area contributed by atoms with Crippen LogP contribution in [-0.2, 0) is 0 Å². The van der Waals surface area contributed by atoms with Gasteiger partial charge < -0.3 is 5.11 Å². The second kappa shape index (κ2) is 4.74. The lowest BCUT2D eigenvalue weighted by atomic mass is 10.0. The normalized spacial score (nSPS) is 10.4. The maximum atomic E-state index is 13.7. The molecule has 0 aliphatic carbocycles. The Morgan fingerprint density at radius 1 is 1.00 bits per heavy atom. The van der Waals surface area contributed by atoms with Gasteiger partial charge in [0, 0.05) is 16.1 Å². The molecule has 0 spiro atoms. The number of aromatic carboxylic acids is 1. The van der Waals surface area contributed by atoms with Gasteiger partial charge in [-0.3, -0.25) is 0 Å². The van der Waals surface area contributed by atoms with E-state index in [0.29, 0.717) is 0 Å². The summed E-state index contributed by atoms with van der Waals surface area (Å²) in [7, 11) is 0. The average Bonchev–Trinajstić information content (AvgIpc) is 2.30. The van der Waals surface area contributed by atoms with Gasteiger partial charge in [-0.1, -0.05) is 11.6 Å². The highest BCUT2D eigenvalue weighted by molar-refractivity contribution is 6.30. The fourth-order valence-corrected chi connectivity index (χ4v) is 1.73. The molecule has 0 aliphatic heterocycles. The Balaban J connectivity index is 2.62. The van der Waals surface area contributed by atoms with Crippen LogP contribution in [0, 0.1) is 11.6 Å². The molecule has 0 unspecified atom stereocenters. The number of halogens is 3. The van der Waals surface area contributed by atoms with Crippen molar-refractivity contribution in [1.29, 1.82) is 0 Å². The van der Waals surface area contributed by atoms with Crippen LogP contribution in [0.1, 0.15) is 10.4 Å². The first-order chi connectivity index (χ1) is 8.49. The third kappa shape index (κ3) is 2.33. The molecule has 2 aromatic carbocycles. The highest BCUT2D eigenvalue weighted by Gasteiger charge is 2.13. The Bertz CT molecular complexity index is 626. The predicted molar refractivity (Wildman–Crippen MR) is 63.8 cm³/mol. The minimum atomic E-state index is -1.20. The van der Waals surface area contributed by atoms with Gasteiger partial charge in [-0.25, -0.2) is 13.6 Å². The van der Waals surface area contributed by atoms with Crippen LogP contribution in [0.25, 0.3) is 11.1 Å². The SMILES string of the molecule is O=C(O)c1ccc(F)c(-c2ccc(Cl)cc2F)c1. The number of hydrogen-bond acceptors (Lipinski definition) is 1. The van der Waals surface area contributed by atoms with Crippen molar-refractivity contribution in [2.24, 2.45) is 0 Å². The molecule has 0 fully saturated rings. The van der Waals surface area contributed by atoms with Gasteiger partial charge in [0.15, 0.2) is 0 Å². The van der Waals surface area contributed by atoms with Crippen LogP contribution in [0.3, 0.4) is 0 Å². The van der Waals surface area contributed by atoms with E-state index in [1.807, 2.05) is 0 Å². The quantitative estimate of drug-likeness (QED) is 0.894. The number of carboxylic acid groups (broad SMARTS) is 1. The van der Waals surface area contributed by atoms with E-state index in [9.17, 15) is 13.6 Å². The summed E-state index contributed by atoms with van der Waals surface area (Å²) < 4.78 is 27.3. The molecule has 2 aromatic rings. The highest BCUT2D eigenvalue weighted by Crippen LogP contribution is 2.28.